The molecule has 2 amide bonds. The van der Waals surface area contributed by atoms with Crippen LogP contribution in [0.25, 0.3) is 4.85 Å². The lowest BCUT2D eigenvalue weighted by molar-refractivity contribution is -0.134. The van der Waals surface area contributed by atoms with Gasteiger partial charge in [-0.25, -0.2) is 15.4 Å². The molecule has 28 heavy (non-hydrogen) atoms. The number of halogens is 3. The van der Waals surface area contributed by atoms with Gasteiger partial charge in [-0.3, -0.25) is 24.3 Å². The van der Waals surface area contributed by atoms with Crippen molar-refractivity contribution in [2.45, 2.75) is 57.9 Å². The maximum Gasteiger partial charge on any atom is 0.306 e. The minimum absolute atomic E-state index is 0.109. The predicted octanol–water partition coefficient (Wildman–Crippen LogP) is 2.46. The van der Waals surface area contributed by atoms with Crippen molar-refractivity contribution >= 4 is 23.4 Å². The number of alkyl halides is 2. The molecular formula is C18H22ClF2N5O2. The van der Waals surface area contributed by atoms with Crippen molar-refractivity contribution < 1.29 is 18.4 Å². The molecule has 2 N–H and O–H groups in total. The van der Waals surface area contributed by atoms with E-state index in [0.29, 0.717) is 12.2 Å². The van der Waals surface area contributed by atoms with Gasteiger partial charge in [0.25, 0.3) is 17.7 Å². The first-order valence-corrected chi connectivity index (χ1v) is 9.15. The molecule has 0 spiro atoms. The van der Waals surface area contributed by atoms with E-state index < -0.39 is 42.9 Å². The van der Waals surface area contributed by atoms with Gasteiger partial charge in [-0.15, -0.1) is 0 Å². The van der Waals surface area contributed by atoms with Crippen LogP contribution in [-0.4, -0.2) is 52.4 Å². The summed E-state index contributed by atoms with van der Waals surface area (Å²) in [6.07, 6.45) is -0.596. The fraction of sp³-hybridized carbons (Fsp3) is 0.556. The van der Waals surface area contributed by atoms with E-state index in [1.165, 1.54) is 19.2 Å². The number of carbonyl (C=O) groups is 2. The van der Waals surface area contributed by atoms with Crippen LogP contribution in [0.3, 0.4) is 0 Å². The van der Waals surface area contributed by atoms with Crippen molar-refractivity contribution in [3.63, 3.8) is 0 Å². The van der Waals surface area contributed by atoms with Crippen LogP contribution in [0.4, 0.5) is 8.78 Å². The summed E-state index contributed by atoms with van der Waals surface area (Å²) < 4.78 is 27.1. The number of hydrogen-bond donors (Lipinski definition) is 2. The number of nitrogens with zero attached hydrogens (tertiary/aromatic N) is 3. The highest BCUT2D eigenvalue weighted by atomic mass is 35.5. The van der Waals surface area contributed by atoms with Gasteiger partial charge in [0.05, 0.1) is 22.8 Å². The lowest BCUT2D eigenvalue weighted by Crippen LogP contribution is -2.48. The molecule has 1 aliphatic rings. The highest BCUT2D eigenvalue weighted by molar-refractivity contribution is 6.33. The Morgan fingerprint density at radius 1 is 1.46 bits per heavy atom. The van der Waals surface area contributed by atoms with Crippen molar-refractivity contribution in [2.24, 2.45) is 0 Å². The summed E-state index contributed by atoms with van der Waals surface area (Å²) in [7, 11) is 0. The van der Waals surface area contributed by atoms with E-state index >= 15 is 0 Å². The number of rotatable bonds is 6. The Bertz CT molecular complexity index is 797. The number of pyridine rings is 1. The Kier molecular flexibility index (Phi) is 6.91. The highest BCUT2D eigenvalue weighted by Crippen LogP contribution is 2.33. The molecule has 2 atom stereocenters. The molecule has 0 bridgehead atoms. The molecule has 1 aliphatic heterocycles. The summed E-state index contributed by atoms with van der Waals surface area (Å²) in [4.78, 5) is 33.1. The minimum atomic E-state index is -3.11. The smallest absolute Gasteiger partial charge is 0.306 e. The molecule has 152 valence electrons. The second-order valence-electron chi connectivity index (χ2n) is 7.02. The van der Waals surface area contributed by atoms with Crippen LogP contribution in [0.15, 0.2) is 12.3 Å². The quantitative estimate of drug-likeness (QED) is 0.702. The monoisotopic (exact) mass is 413 g/mol. The van der Waals surface area contributed by atoms with E-state index in [4.69, 9.17) is 18.2 Å². The van der Waals surface area contributed by atoms with Crippen molar-refractivity contribution in [1.82, 2.24) is 20.5 Å². The Labute approximate surface area is 167 Å². The molecule has 1 saturated heterocycles. The highest BCUT2D eigenvalue weighted by Gasteiger charge is 2.51. The van der Waals surface area contributed by atoms with Crippen LogP contribution >= 0.6 is 11.6 Å². The molecule has 0 aliphatic carbocycles. The van der Waals surface area contributed by atoms with Gasteiger partial charge in [-0.2, -0.15) is 0 Å². The second kappa shape index (κ2) is 8.80. The minimum Gasteiger partial charge on any atom is -0.340 e. The number of aromatic nitrogens is 1. The van der Waals surface area contributed by atoms with Crippen LogP contribution in [0, 0.1) is 6.57 Å². The third-order valence-corrected chi connectivity index (χ3v) is 4.54. The van der Waals surface area contributed by atoms with Gasteiger partial charge in [-0.05, 0) is 13.0 Å². The van der Waals surface area contributed by atoms with E-state index in [-0.39, 0.29) is 16.6 Å². The van der Waals surface area contributed by atoms with Gasteiger partial charge >= 0.3 is 6.17 Å². The Balaban J connectivity index is 2.08. The summed E-state index contributed by atoms with van der Waals surface area (Å²) in [5.74, 6) is -4.47. The van der Waals surface area contributed by atoms with E-state index in [9.17, 15) is 18.4 Å². The molecule has 0 saturated carbocycles. The molecule has 2 heterocycles. The molecule has 1 aromatic rings. The SMILES string of the molecule is [C-]#[N+]C1CC(F)(F)CN1C(=O)C(C)NC(=O)c1cc(CNC(C)C)ncc1Cl. The molecule has 7 nitrogen and oxygen atoms in total. The lowest BCUT2D eigenvalue weighted by Gasteiger charge is -2.21. The maximum atomic E-state index is 13.6. The Hall–Kier alpha value is -2.31. The lowest BCUT2D eigenvalue weighted by atomic mass is 10.2. The molecule has 2 rings (SSSR count). The van der Waals surface area contributed by atoms with Crippen molar-refractivity contribution in [3.05, 3.63) is 40.0 Å². The van der Waals surface area contributed by atoms with E-state index in [0.717, 1.165) is 4.90 Å². The third-order valence-electron chi connectivity index (χ3n) is 4.24. The first kappa shape index (κ1) is 22.0. The number of nitrogens with one attached hydrogen (secondary N) is 2. The zero-order chi connectivity index (χ0) is 21.1. The van der Waals surface area contributed by atoms with Crippen molar-refractivity contribution in [1.29, 1.82) is 0 Å². The van der Waals surface area contributed by atoms with E-state index in [2.05, 4.69) is 20.5 Å². The normalized spacial score (nSPS) is 19.4. The zero-order valence-corrected chi connectivity index (χ0v) is 16.6. The molecule has 0 aromatic carbocycles. The number of hydrogen-bond acceptors (Lipinski definition) is 4. The van der Waals surface area contributed by atoms with E-state index in [1.807, 2.05) is 13.8 Å². The van der Waals surface area contributed by atoms with Gasteiger partial charge in [0.2, 0.25) is 0 Å². The summed E-state index contributed by atoms with van der Waals surface area (Å²) in [5, 5.41) is 5.74. The van der Waals surface area contributed by atoms with Crippen LogP contribution in [0.1, 0.15) is 43.2 Å². The first-order chi connectivity index (χ1) is 13.0. The largest absolute Gasteiger partial charge is 0.340 e. The molecular weight excluding hydrogens is 392 g/mol. The van der Waals surface area contributed by atoms with Crippen molar-refractivity contribution in [3.8, 4) is 0 Å². The molecule has 10 heteroatoms. The number of carbonyl (C=O) groups excluding carboxylic acids is 2. The average Bonchev–Trinajstić information content (AvgIpc) is 2.94. The van der Waals surface area contributed by atoms with E-state index in [1.54, 1.807) is 0 Å². The fourth-order valence-corrected chi connectivity index (χ4v) is 2.97. The van der Waals surface area contributed by atoms with Gasteiger partial charge in [0.15, 0.2) is 0 Å². The number of likely N-dealkylation sites (tertiary alicyclic amines) is 1. The molecule has 1 aromatic heterocycles. The topological polar surface area (TPSA) is 78.7 Å². The van der Waals surface area contributed by atoms with Gasteiger partial charge in [0.1, 0.15) is 12.5 Å². The standard InChI is InChI=1S/C18H22ClF2N5O2/c1-10(2)23-7-12-5-13(14(19)8-24-12)16(27)25-11(3)17(28)26-9-18(20,21)6-15(26)22-4/h5,8,10-11,15,23H,6-7,9H2,1-3H3,(H,25,27). The van der Waals surface area contributed by atoms with Crippen molar-refractivity contribution in [2.75, 3.05) is 6.54 Å². The van der Waals surface area contributed by atoms with Gasteiger partial charge in [-0.1, -0.05) is 25.4 Å². The summed E-state index contributed by atoms with van der Waals surface area (Å²) in [5.41, 5.74) is 0.722. The maximum absolute atomic E-state index is 13.6. The second-order valence-corrected chi connectivity index (χ2v) is 7.43. The summed E-state index contributed by atoms with van der Waals surface area (Å²) in [6, 6.07) is 0.643. The Morgan fingerprint density at radius 2 is 2.14 bits per heavy atom. The first-order valence-electron chi connectivity index (χ1n) is 8.77. The third kappa shape index (κ3) is 5.36. The van der Waals surface area contributed by atoms with Crippen LogP contribution in [0.2, 0.25) is 5.02 Å². The van der Waals surface area contributed by atoms with Crippen LogP contribution in [0.5, 0.6) is 0 Å². The zero-order valence-electron chi connectivity index (χ0n) is 15.8. The molecule has 0 radical (unpaired) electrons. The predicted molar refractivity (Wildman–Crippen MR) is 99.8 cm³/mol. The summed E-state index contributed by atoms with van der Waals surface area (Å²) in [6.45, 7) is 11.9. The summed E-state index contributed by atoms with van der Waals surface area (Å²) >= 11 is 6.05. The fourth-order valence-electron chi connectivity index (χ4n) is 2.78. The molecule has 2 unspecified atom stereocenters. The molecule has 1 fully saturated rings. The Morgan fingerprint density at radius 3 is 2.75 bits per heavy atom. The van der Waals surface area contributed by atoms with Crippen LogP contribution in [-0.2, 0) is 11.3 Å². The van der Waals surface area contributed by atoms with Crippen LogP contribution < -0.4 is 10.6 Å². The number of amides is 2. The van der Waals surface area contributed by atoms with Gasteiger partial charge < -0.3 is 10.6 Å². The average molecular weight is 414 g/mol. The van der Waals surface area contributed by atoms with Gasteiger partial charge in [0, 0.05) is 18.8 Å².